The van der Waals surface area contributed by atoms with Crippen LogP contribution in [0.1, 0.15) is 33.6 Å². The number of fused-ring (bicyclic) bond motifs is 1. The van der Waals surface area contributed by atoms with E-state index in [1.54, 1.807) is 11.0 Å². The molecule has 1 N–H and O–H groups in total. The van der Waals surface area contributed by atoms with Gasteiger partial charge >= 0.3 is 5.97 Å². The lowest BCUT2D eigenvalue weighted by molar-refractivity contribution is -0.147. The van der Waals surface area contributed by atoms with Gasteiger partial charge in [0.05, 0.1) is 18.6 Å². The predicted molar refractivity (Wildman–Crippen MR) is 90.4 cm³/mol. The highest BCUT2D eigenvalue weighted by Gasteiger charge is 2.66. The Morgan fingerprint density at radius 1 is 1.42 bits per heavy atom. The van der Waals surface area contributed by atoms with Gasteiger partial charge in [0.2, 0.25) is 5.91 Å². The molecular formula is C19H25NO4. The molecule has 0 aromatic carbocycles. The topological polar surface area (TPSA) is 66.8 Å². The molecule has 5 nitrogen and oxygen atoms in total. The maximum Gasteiger partial charge on any atom is 0.310 e. The van der Waals surface area contributed by atoms with Crippen LogP contribution in [-0.4, -0.2) is 46.7 Å². The number of ether oxygens (including phenoxy) is 1. The lowest BCUT2D eigenvalue weighted by Gasteiger charge is -2.21. The number of carboxylic acid groups (broad SMARTS) is 1. The van der Waals surface area contributed by atoms with E-state index < -0.39 is 29.5 Å². The Kier molecular flexibility index (Phi) is 4.38. The first kappa shape index (κ1) is 17.0. The molecule has 5 heteroatoms. The highest BCUT2D eigenvalue weighted by molar-refractivity contribution is 5.90. The molecule has 130 valence electrons. The summed E-state index contributed by atoms with van der Waals surface area (Å²) in [6, 6.07) is 0. The van der Waals surface area contributed by atoms with Crippen LogP contribution in [-0.2, 0) is 14.3 Å². The fraction of sp³-hybridized carbons (Fsp3) is 0.579. The number of allylic oxidation sites excluding steroid dienone is 3. The highest BCUT2D eigenvalue weighted by atomic mass is 16.5. The molecule has 1 spiro atoms. The summed E-state index contributed by atoms with van der Waals surface area (Å²) in [5, 5.41) is 9.44. The van der Waals surface area contributed by atoms with Gasteiger partial charge < -0.3 is 14.7 Å². The van der Waals surface area contributed by atoms with Crippen molar-refractivity contribution in [2.45, 2.75) is 45.3 Å². The van der Waals surface area contributed by atoms with E-state index in [9.17, 15) is 14.7 Å². The number of nitrogens with zero attached hydrogens (tertiary/aromatic N) is 1. The summed E-state index contributed by atoms with van der Waals surface area (Å²) in [7, 11) is 0. The van der Waals surface area contributed by atoms with Crippen LogP contribution in [0.3, 0.4) is 0 Å². The van der Waals surface area contributed by atoms with E-state index in [-0.39, 0.29) is 5.91 Å². The third kappa shape index (κ3) is 2.81. The van der Waals surface area contributed by atoms with Gasteiger partial charge in [-0.2, -0.15) is 0 Å². The Morgan fingerprint density at radius 3 is 2.83 bits per heavy atom. The summed E-state index contributed by atoms with van der Waals surface area (Å²) < 4.78 is 5.87. The molecule has 3 aliphatic rings. The maximum atomic E-state index is 12.7. The molecule has 24 heavy (non-hydrogen) atoms. The lowest BCUT2D eigenvalue weighted by atomic mass is 9.77. The highest BCUT2D eigenvalue weighted by Crippen LogP contribution is 2.51. The molecule has 0 saturated carbocycles. The van der Waals surface area contributed by atoms with Crippen LogP contribution < -0.4 is 0 Å². The van der Waals surface area contributed by atoms with Crippen LogP contribution in [0.2, 0.25) is 0 Å². The Balaban J connectivity index is 1.66. The molecule has 2 saturated heterocycles. The van der Waals surface area contributed by atoms with E-state index in [4.69, 9.17) is 4.74 Å². The SMILES string of the molecule is CC(C)=CCCC(C)=CCN1C[C@@]23C=C[C@H](O2)[C@@H](C(=O)O)[C@H]3C1=O. The third-order valence-electron chi connectivity index (χ3n) is 5.22. The van der Waals surface area contributed by atoms with Gasteiger partial charge in [-0.25, -0.2) is 0 Å². The van der Waals surface area contributed by atoms with Crippen LogP contribution >= 0.6 is 0 Å². The smallest absolute Gasteiger partial charge is 0.310 e. The summed E-state index contributed by atoms with van der Waals surface area (Å²) in [5.74, 6) is -2.37. The lowest BCUT2D eigenvalue weighted by Crippen LogP contribution is -2.39. The summed E-state index contributed by atoms with van der Waals surface area (Å²) in [4.78, 5) is 26.0. The molecule has 0 aliphatic carbocycles. The van der Waals surface area contributed by atoms with Crippen molar-refractivity contribution in [3.63, 3.8) is 0 Å². The summed E-state index contributed by atoms with van der Waals surface area (Å²) in [6.07, 6.45) is 9.48. The number of amides is 1. The van der Waals surface area contributed by atoms with Crippen LogP contribution in [0.4, 0.5) is 0 Å². The first-order valence-corrected chi connectivity index (χ1v) is 8.52. The van der Waals surface area contributed by atoms with Crippen molar-refractivity contribution in [1.82, 2.24) is 4.90 Å². The van der Waals surface area contributed by atoms with E-state index in [0.29, 0.717) is 13.1 Å². The Labute approximate surface area is 142 Å². The number of aliphatic carboxylic acids is 1. The number of hydrogen-bond acceptors (Lipinski definition) is 3. The first-order chi connectivity index (χ1) is 11.3. The molecule has 3 rings (SSSR count). The molecule has 4 atom stereocenters. The van der Waals surface area contributed by atoms with Crippen LogP contribution in [0.5, 0.6) is 0 Å². The van der Waals surface area contributed by atoms with Crippen molar-refractivity contribution >= 4 is 11.9 Å². The maximum absolute atomic E-state index is 12.7. The molecular weight excluding hydrogens is 306 g/mol. The van der Waals surface area contributed by atoms with Gasteiger partial charge in [0.1, 0.15) is 11.5 Å². The fourth-order valence-corrected chi connectivity index (χ4v) is 3.97. The molecule has 2 fully saturated rings. The molecule has 0 unspecified atom stereocenters. The van der Waals surface area contributed by atoms with Gasteiger partial charge in [-0.15, -0.1) is 0 Å². The fourth-order valence-electron chi connectivity index (χ4n) is 3.97. The molecule has 3 aliphatic heterocycles. The number of rotatable bonds is 6. The number of carboxylic acids is 1. The van der Waals surface area contributed by atoms with Crippen LogP contribution in [0, 0.1) is 11.8 Å². The van der Waals surface area contributed by atoms with Crippen LogP contribution in [0.25, 0.3) is 0 Å². The predicted octanol–water partition coefficient (Wildman–Crippen LogP) is 2.55. The monoisotopic (exact) mass is 331 g/mol. The summed E-state index contributed by atoms with van der Waals surface area (Å²) in [6.45, 7) is 7.21. The van der Waals surface area contributed by atoms with Crippen molar-refractivity contribution in [3.8, 4) is 0 Å². The molecule has 0 radical (unpaired) electrons. The van der Waals surface area contributed by atoms with Gasteiger partial charge in [-0.05, 0) is 33.6 Å². The van der Waals surface area contributed by atoms with Gasteiger partial charge in [0.15, 0.2) is 0 Å². The largest absolute Gasteiger partial charge is 0.481 e. The van der Waals surface area contributed by atoms with Crippen molar-refractivity contribution in [3.05, 3.63) is 35.5 Å². The third-order valence-corrected chi connectivity index (χ3v) is 5.22. The molecule has 3 heterocycles. The number of carbonyl (C=O) groups is 2. The number of hydrogen-bond donors (Lipinski definition) is 1. The Morgan fingerprint density at radius 2 is 2.17 bits per heavy atom. The van der Waals surface area contributed by atoms with E-state index >= 15 is 0 Å². The van der Waals surface area contributed by atoms with E-state index in [0.717, 1.165) is 12.8 Å². The minimum atomic E-state index is -0.945. The van der Waals surface area contributed by atoms with Crippen molar-refractivity contribution in [1.29, 1.82) is 0 Å². The van der Waals surface area contributed by atoms with Gasteiger partial charge in [0, 0.05) is 6.54 Å². The summed E-state index contributed by atoms with van der Waals surface area (Å²) >= 11 is 0. The Hall–Kier alpha value is -1.88. The van der Waals surface area contributed by atoms with Crippen molar-refractivity contribution in [2.75, 3.05) is 13.1 Å². The zero-order valence-electron chi connectivity index (χ0n) is 14.5. The normalized spacial score (nSPS) is 34.0. The molecule has 2 bridgehead atoms. The molecule has 1 amide bonds. The second-order valence-electron chi connectivity index (χ2n) is 7.33. The summed E-state index contributed by atoms with van der Waals surface area (Å²) in [5.41, 5.74) is 1.82. The van der Waals surface area contributed by atoms with E-state index in [2.05, 4.69) is 32.9 Å². The minimum absolute atomic E-state index is 0.0948. The number of likely N-dealkylation sites (tertiary alicyclic amines) is 1. The van der Waals surface area contributed by atoms with Crippen molar-refractivity contribution in [2.24, 2.45) is 11.8 Å². The zero-order valence-corrected chi connectivity index (χ0v) is 14.5. The second kappa shape index (κ2) is 6.20. The minimum Gasteiger partial charge on any atom is -0.481 e. The van der Waals surface area contributed by atoms with E-state index in [1.165, 1.54) is 11.1 Å². The van der Waals surface area contributed by atoms with Gasteiger partial charge in [-0.3, -0.25) is 9.59 Å². The van der Waals surface area contributed by atoms with Gasteiger partial charge in [-0.1, -0.05) is 35.5 Å². The standard InChI is InChI=1S/C19H25NO4/c1-12(2)5-4-6-13(3)8-10-20-11-19-9-7-14(24-19)15(18(22)23)16(19)17(20)21/h5,7-9,14-16H,4,6,10-11H2,1-3H3,(H,22,23)/t14-,15+,16-,19+/m0/s1. The molecule has 0 aromatic heterocycles. The second-order valence-corrected chi connectivity index (χ2v) is 7.33. The molecule has 0 aromatic rings. The van der Waals surface area contributed by atoms with E-state index in [1.807, 2.05) is 6.08 Å². The van der Waals surface area contributed by atoms with Crippen LogP contribution in [0.15, 0.2) is 35.5 Å². The average molecular weight is 331 g/mol. The number of carbonyl (C=O) groups excluding carboxylic acids is 1. The zero-order chi connectivity index (χ0) is 17.5. The average Bonchev–Trinajstić information content (AvgIpc) is 3.13. The van der Waals surface area contributed by atoms with Crippen molar-refractivity contribution < 1.29 is 19.4 Å². The quantitative estimate of drug-likeness (QED) is 0.760. The Bertz CT molecular complexity index is 644. The van der Waals surface area contributed by atoms with Gasteiger partial charge in [0.25, 0.3) is 0 Å². The first-order valence-electron chi connectivity index (χ1n) is 8.52.